The standard InChI is InChI=1S/C27H24N2O3/c1-18-10-12-20(13-11-18)24-25(28-15-14-19-6-3-4-7-21(19)17-28)27(31)29(26(24)30)22-8-5-9-23(16-22)32-2/h3-13,16H,14-15,17H2,1-2H3. The summed E-state index contributed by atoms with van der Waals surface area (Å²) in [7, 11) is 1.57. The summed E-state index contributed by atoms with van der Waals surface area (Å²) in [5, 5.41) is 0. The predicted molar refractivity (Wildman–Crippen MR) is 124 cm³/mol. The largest absolute Gasteiger partial charge is 0.497 e. The van der Waals surface area contributed by atoms with E-state index in [1.807, 2.05) is 43.3 Å². The fraction of sp³-hybridized carbons (Fsp3) is 0.185. The fourth-order valence-electron chi connectivity index (χ4n) is 4.46. The van der Waals surface area contributed by atoms with E-state index >= 15 is 0 Å². The first-order chi connectivity index (χ1) is 15.6. The van der Waals surface area contributed by atoms with Gasteiger partial charge in [-0.25, -0.2) is 4.90 Å². The highest BCUT2D eigenvalue weighted by Gasteiger charge is 2.43. The van der Waals surface area contributed by atoms with E-state index in [0.717, 1.165) is 17.5 Å². The maximum absolute atomic E-state index is 13.7. The average molecular weight is 425 g/mol. The zero-order chi connectivity index (χ0) is 22.2. The molecule has 0 atom stereocenters. The number of carbonyl (C=O) groups excluding carboxylic acids is 2. The predicted octanol–water partition coefficient (Wildman–Crippen LogP) is 4.35. The second-order valence-corrected chi connectivity index (χ2v) is 8.18. The lowest BCUT2D eigenvalue weighted by atomic mass is 9.97. The quantitative estimate of drug-likeness (QED) is 0.585. The number of carbonyl (C=O) groups is 2. The Kier molecular flexibility index (Phi) is 5.02. The van der Waals surface area contributed by atoms with Gasteiger partial charge in [-0.2, -0.15) is 0 Å². The van der Waals surface area contributed by atoms with Crippen molar-refractivity contribution < 1.29 is 14.3 Å². The van der Waals surface area contributed by atoms with Crippen LogP contribution in [0.4, 0.5) is 5.69 Å². The van der Waals surface area contributed by atoms with Gasteiger partial charge in [0.2, 0.25) is 0 Å². The summed E-state index contributed by atoms with van der Waals surface area (Å²) in [5.41, 5.74) is 5.78. The molecule has 2 aliphatic heterocycles. The number of amides is 2. The summed E-state index contributed by atoms with van der Waals surface area (Å²) in [4.78, 5) is 30.7. The Morgan fingerprint density at radius 3 is 2.34 bits per heavy atom. The first kappa shape index (κ1) is 20.1. The van der Waals surface area contributed by atoms with Crippen molar-refractivity contribution in [2.75, 3.05) is 18.6 Å². The van der Waals surface area contributed by atoms with Gasteiger partial charge in [0.05, 0.1) is 18.4 Å². The number of hydrogen-bond acceptors (Lipinski definition) is 4. The van der Waals surface area contributed by atoms with Crippen LogP contribution in [0.5, 0.6) is 5.75 Å². The molecule has 0 saturated heterocycles. The van der Waals surface area contributed by atoms with E-state index in [0.29, 0.717) is 35.8 Å². The number of imide groups is 1. The molecule has 32 heavy (non-hydrogen) atoms. The van der Waals surface area contributed by atoms with Crippen LogP contribution in [0.15, 0.2) is 78.5 Å². The Morgan fingerprint density at radius 1 is 0.844 bits per heavy atom. The highest BCUT2D eigenvalue weighted by Crippen LogP contribution is 2.37. The lowest BCUT2D eigenvalue weighted by molar-refractivity contribution is -0.120. The normalized spacial score (nSPS) is 15.9. The third-order valence-electron chi connectivity index (χ3n) is 6.16. The van der Waals surface area contributed by atoms with Gasteiger partial charge < -0.3 is 9.64 Å². The van der Waals surface area contributed by atoms with E-state index in [2.05, 4.69) is 17.0 Å². The Balaban J connectivity index is 1.61. The number of rotatable bonds is 4. The van der Waals surface area contributed by atoms with Crippen LogP contribution in [0.3, 0.4) is 0 Å². The van der Waals surface area contributed by atoms with E-state index in [1.54, 1.807) is 31.4 Å². The number of hydrogen-bond donors (Lipinski definition) is 0. The molecular formula is C27H24N2O3. The van der Waals surface area contributed by atoms with Crippen molar-refractivity contribution in [3.8, 4) is 5.75 Å². The molecule has 0 N–H and O–H groups in total. The minimum absolute atomic E-state index is 0.293. The van der Waals surface area contributed by atoms with Crippen LogP contribution >= 0.6 is 0 Å². The van der Waals surface area contributed by atoms with Gasteiger partial charge >= 0.3 is 0 Å². The van der Waals surface area contributed by atoms with Crippen LogP contribution in [-0.2, 0) is 22.6 Å². The molecule has 5 nitrogen and oxygen atoms in total. The molecule has 0 fully saturated rings. The maximum atomic E-state index is 13.7. The van der Waals surface area contributed by atoms with E-state index in [9.17, 15) is 9.59 Å². The monoisotopic (exact) mass is 424 g/mol. The van der Waals surface area contributed by atoms with Crippen LogP contribution < -0.4 is 9.64 Å². The molecule has 3 aromatic rings. The zero-order valence-corrected chi connectivity index (χ0v) is 18.2. The molecule has 2 amide bonds. The highest BCUT2D eigenvalue weighted by atomic mass is 16.5. The minimum Gasteiger partial charge on any atom is -0.497 e. The number of methoxy groups -OCH3 is 1. The second kappa shape index (κ2) is 8.00. The van der Waals surface area contributed by atoms with Gasteiger partial charge in [-0.3, -0.25) is 9.59 Å². The Hall–Kier alpha value is -3.86. The van der Waals surface area contributed by atoms with Crippen LogP contribution in [0.25, 0.3) is 5.57 Å². The van der Waals surface area contributed by atoms with Crippen molar-refractivity contribution in [1.29, 1.82) is 0 Å². The van der Waals surface area contributed by atoms with Crippen LogP contribution in [0, 0.1) is 6.92 Å². The molecule has 0 unspecified atom stereocenters. The van der Waals surface area contributed by atoms with E-state index < -0.39 is 0 Å². The maximum Gasteiger partial charge on any atom is 0.282 e. The average Bonchev–Trinajstić information content (AvgIpc) is 3.09. The first-order valence-electron chi connectivity index (χ1n) is 10.7. The van der Waals surface area contributed by atoms with Gasteiger partial charge in [-0.1, -0.05) is 60.2 Å². The van der Waals surface area contributed by atoms with Crippen LogP contribution in [0.2, 0.25) is 0 Å². The topological polar surface area (TPSA) is 49.9 Å². The van der Waals surface area contributed by atoms with Gasteiger partial charge in [-0.15, -0.1) is 0 Å². The number of nitrogens with zero attached hydrogens (tertiary/aromatic N) is 2. The Morgan fingerprint density at radius 2 is 1.59 bits per heavy atom. The lowest BCUT2D eigenvalue weighted by Gasteiger charge is -2.31. The molecule has 0 aliphatic carbocycles. The summed E-state index contributed by atoms with van der Waals surface area (Å²) in [5.74, 6) is -0.000454. The Bertz CT molecular complexity index is 1240. The van der Waals surface area contributed by atoms with Crippen molar-refractivity contribution >= 4 is 23.1 Å². The van der Waals surface area contributed by atoms with Crippen molar-refractivity contribution in [3.05, 3.63) is 101 Å². The first-order valence-corrected chi connectivity index (χ1v) is 10.7. The molecule has 160 valence electrons. The third-order valence-corrected chi connectivity index (χ3v) is 6.16. The minimum atomic E-state index is -0.305. The van der Waals surface area contributed by atoms with Gasteiger partial charge in [-0.05, 0) is 42.2 Å². The number of fused-ring (bicyclic) bond motifs is 1. The molecule has 0 spiro atoms. The van der Waals surface area contributed by atoms with Crippen LogP contribution in [-0.4, -0.2) is 30.4 Å². The van der Waals surface area contributed by atoms with Crippen molar-refractivity contribution in [1.82, 2.24) is 4.90 Å². The lowest BCUT2D eigenvalue weighted by Crippen LogP contribution is -2.37. The number of aryl methyl sites for hydroxylation is 1. The number of benzene rings is 3. The van der Waals surface area contributed by atoms with E-state index in [4.69, 9.17) is 4.74 Å². The highest BCUT2D eigenvalue weighted by molar-refractivity contribution is 6.45. The van der Waals surface area contributed by atoms with Gasteiger partial charge in [0.1, 0.15) is 11.4 Å². The third kappa shape index (κ3) is 3.36. The molecule has 5 heteroatoms. The van der Waals surface area contributed by atoms with Crippen molar-refractivity contribution in [3.63, 3.8) is 0 Å². The molecule has 0 radical (unpaired) electrons. The van der Waals surface area contributed by atoms with E-state index in [-0.39, 0.29) is 11.8 Å². The fourth-order valence-corrected chi connectivity index (χ4v) is 4.46. The van der Waals surface area contributed by atoms with Crippen molar-refractivity contribution in [2.24, 2.45) is 0 Å². The second-order valence-electron chi connectivity index (χ2n) is 8.18. The molecule has 2 heterocycles. The van der Waals surface area contributed by atoms with Crippen LogP contribution in [0.1, 0.15) is 22.3 Å². The SMILES string of the molecule is COc1cccc(N2C(=O)C(c3ccc(C)cc3)=C(N3CCc4ccccc4C3)C2=O)c1. The molecule has 0 aromatic heterocycles. The van der Waals surface area contributed by atoms with Crippen molar-refractivity contribution in [2.45, 2.75) is 19.9 Å². The molecule has 5 rings (SSSR count). The smallest absolute Gasteiger partial charge is 0.282 e. The van der Waals surface area contributed by atoms with Gasteiger partial charge in [0.15, 0.2) is 0 Å². The molecule has 0 saturated carbocycles. The summed E-state index contributed by atoms with van der Waals surface area (Å²) in [6.45, 7) is 3.29. The molecular weight excluding hydrogens is 400 g/mol. The molecule has 0 bridgehead atoms. The summed E-state index contributed by atoms with van der Waals surface area (Å²) < 4.78 is 5.32. The molecule has 3 aromatic carbocycles. The Labute approximate surface area is 187 Å². The van der Waals surface area contributed by atoms with E-state index in [1.165, 1.54) is 16.0 Å². The number of anilines is 1. The zero-order valence-electron chi connectivity index (χ0n) is 18.2. The van der Waals surface area contributed by atoms with Gasteiger partial charge in [0, 0.05) is 19.2 Å². The van der Waals surface area contributed by atoms with Gasteiger partial charge in [0.25, 0.3) is 11.8 Å². The molecule has 2 aliphatic rings. The summed E-state index contributed by atoms with van der Waals surface area (Å²) >= 11 is 0. The number of ether oxygens (including phenoxy) is 1. The summed E-state index contributed by atoms with van der Waals surface area (Å²) in [6.07, 6.45) is 0.835. The summed E-state index contributed by atoms with van der Waals surface area (Å²) in [6, 6.07) is 23.1.